The van der Waals surface area contributed by atoms with Gasteiger partial charge in [0.2, 0.25) is 17.7 Å². The molecule has 6 heteroatoms. The lowest BCUT2D eigenvalue weighted by Crippen LogP contribution is -2.16. The molecule has 0 spiro atoms. The van der Waals surface area contributed by atoms with E-state index in [9.17, 15) is 0 Å². The summed E-state index contributed by atoms with van der Waals surface area (Å²) in [5, 5.41) is 3.11. The summed E-state index contributed by atoms with van der Waals surface area (Å²) in [7, 11) is 3.11. The van der Waals surface area contributed by atoms with Crippen LogP contribution in [0.1, 0.15) is 19.8 Å². The molecule has 0 aliphatic heterocycles. The van der Waals surface area contributed by atoms with E-state index >= 15 is 0 Å². The molecule has 17 heavy (non-hydrogen) atoms. The quantitative estimate of drug-likeness (QED) is 0.693. The topological polar surface area (TPSA) is 82.3 Å². The molecule has 0 aliphatic carbocycles. The Morgan fingerprint density at radius 3 is 2.35 bits per heavy atom. The molecular formula is C11H20N4O2. The van der Waals surface area contributed by atoms with Crippen LogP contribution in [-0.4, -0.2) is 36.8 Å². The predicted molar refractivity (Wildman–Crippen MR) is 66.5 cm³/mol. The van der Waals surface area contributed by atoms with Crippen LogP contribution in [-0.2, 0) is 0 Å². The van der Waals surface area contributed by atoms with E-state index in [1.165, 1.54) is 0 Å². The summed E-state index contributed by atoms with van der Waals surface area (Å²) < 4.78 is 10.1. The van der Waals surface area contributed by atoms with Crippen molar-refractivity contribution in [1.29, 1.82) is 0 Å². The molecule has 0 amide bonds. The maximum absolute atomic E-state index is 5.66. The van der Waals surface area contributed by atoms with Crippen LogP contribution in [0.3, 0.4) is 0 Å². The Morgan fingerprint density at radius 1 is 1.29 bits per heavy atom. The molecule has 6 nitrogen and oxygen atoms in total. The zero-order valence-corrected chi connectivity index (χ0v) is 10.6. The molecule has 3 N–H and O–H groups in total. The van der Waals surface area contributed by atoms with Gasteiger partial charge in [0.25, 0.3) is 0 Å². The van der Waals surface area contributed by atoms with E-state index < -0.39 is 0 Å². The lowest BCUT2D eigenvalue weighted by molar-refractivity contribution is 0.373. The van der Waals surface area contributed by atoms with Crippen molar-refractivity contribution in [3.05, 3.63) is 6.07 Å². The number of aromatic nitrogens is 2. The molecule has 0 saturated heterocycles. The van der Waals surface area contributed by atoms with Gasteiger partial charge in [-0.1, -0.05) is 0 Å². The summed E-state index contributed by atoms with van der Waals surface area (Å²) in [4.78, 5) is 8.32. The summed E-state index contributed by atoms with van der Waals surface area (Å²) in [5.41, 5.74) is 5.66. The highest BCUT2D eigenvalue weighted by molar-refractivity contribution is 5.33. The molecule has 1 aromatic heterocycles. The first-order valence-corrected chi connectivity index (χ1v) is 5.62. The van der Waals surface area contributed by atoms with Crippen molar-refractivity contribution in [3.8, 4) is 11.8 Å². The first-order chi connectivity index (χ1) is 8.15. The summed E-state index contributed by atoms with van der Waals surface area (Å²) >= 11 is 0. The average Bonchev–Trinajstić information content (AvgIpc) is 2.34. The van der Waals surface area contributed by atoms with Crippen molar-refractivity contribution in [2.75, 3.05) is 26.1 Å². The fourth-order valence-electron chi connectivity index (χ4n) is 1.32. The molecule has 1 heterocycles. The molecule has 1 atom stereocenters. The van der Waals surface area contributed by atoms with Crippen molar-refractivity contribution in [3.63, 3.8) is 0 Å². The number of nitrogens with one attached hydrogen (secondary N) is 1. The van der Waals surface area contributed by atoms with E-state index in [1.807, 2.05) is 6.92 Å². The largest absolute Gasteiger partial charge is 0.481 e. The molecule has 1 unspecified atom stereocenters. The molecule has 0 saturated carbocycles. The maximum atomic E-state index is 5.66. The second kappa shape index (κ2) is 6.90. The Kier molecular flexibility index (Phi) is 5.48. The van der Waals surface area contributed by atoms with Crippen molar-refractivity contribution in [2.24, 2.45) is 5.73 Å². The summed E-state index contributed by atoms with van der Waals surface area (Å²) in [6.45, 7) is 2.77. The molecule has 0 fully saturated rings. The zero-order valence-electron chi connectivity index (χ0n) is 10.6. The lowest BCUT2D eigenvalue weighted by Gasteiger charge is -2.09. The van der Waals surface area contributed by atoms with Gasteiger partial charge in [0.1, 0.15) is 0 Å². The second-order valence-electron chi connectivity index (χ2n) is 3.82. The Bertz CT molecular complexity index is 322. The van der Waals surface area contributed by atoms with Crippen LogP contribution >= 0.6 is 0 Å². The van der Waals surface area contributed by atoms with Gasteiger partial charge >= 0.3 is 0 Å². The predicted octanol–water partition coefficient (Wildman–Crippen LogP) is 1.03. The van der Waals surface area contributed by atoms with E-state index in [1.54, 1.807) is 20.3 Å². The molecule has 96 valence electrons. The van der Waals surface area contributed by atoms with E-state index in [0.717, 1.165) is 19.4 Å². The number of ether oxygens (including phenoxy) is 2. The van der Waals surface area contributed by atoms with Gasteiger partial charge in [-0.25, -0.2) is 0 Å². The number of hydrogen-bond acceptors (Lipinski definition) is 6. The van der Waals surface area contributed by atoms with Crippen LogP contribution in [0.2, 0.25) is 0 Å². The van der Waals surface area contributed by atoms with Crippen LogP contribution in [0.15, 0.2) is 6.07 Å². The minimum absolute atomic E-state index is 0.220. The summed E-state index contributed by atoms with van der Waals surface area (Å²) in [5.74, 6) is 1.46. The molecule has 1 aromatic rings. The van der Waals surface area contributed by atoms with E-state index in [0.29, 0.717) is 17.7 Å². The fraction of sp³-hybridized carbons (Fsp3) is 0.636. The smallest absolute Gasteiger partial charge is 0.229 e. The first-order valence-electron chi connectivity index (χ1n) is 5.62. The normalized spacial score (nSPS) is 12.0. The van der Waals surface area contributed by atoms with Gasteiger partial charge in [0, 0.05) is 12.6 Å². The van der Waals surface area contributed by atoms with Gasteiger partial charge in [-0.05, 0) is 19.8 Å². The van der Waals surface area contributed by atoms with E-state index in [4.69, 9.17) is 15.2 Å². The number of nitrogens with zero attached hydrogens (tertiary/aromatic N) is 2. The van der Waals surface area contributed by atoms with Gasteiger partial charge in [-0.2, -0.15) is 9.97 Å². The third-order valence-electron chi connectivity index (χ3n) is 2.22. The Labute approximate surface area is 102 Å². The Morgan fingerprint density at radius 2 is 1.88 bits per heavy atom. The van der Waals surface area contributed by atoms with E-state index in [2.05, 4.69) is 15.3 Å². The highest BCUT2D eigenvalue weighted by atomic mass is 16.5. The first kappa shape index (κ1) is 13.5. The van der Waals surface area contributed by atoms with Gasteiger partial charge in [0.05, 0.1) is 20.3 Å². The Balaban J connectivity index is 2.51. The van der Waals surface area contributed by atoms with Crippen LogP contribution in [0.5, 0.6) is 11.8 Å². The molecular weight excluding hydrogens is 220 g/mol. The third-order valence-corrected chi connectivity index (χ3v) is 2.22. The zero-order chi connectivity index (χ0) is 12.7. The molecule has 0 aromatic carbocycles. The number of methoxy groups -OCH3 is 2. The molecule has 0 bridgehead atoms. The Hall–Kier alpha value is -1.56. The SMILES string of the molecule is COc1cc(OC)nc(NCCCC(C)N)n1. The minimum atomic E-state index is 0.220. The third kappa shape index (κ3) is 4.86. The fourth-order valence-corrected chi connectivity index (χ4v) is 1.32. The highest BCUT2D eigenvalue weighted by Gasteiger charge is 2.04. The molecule has 0 aliphatic rings. The molecule has 1 rings (SSSR count). The van der Waals surface area contributed by atoms with Gasteiger partial charge in [-0.3, -0.25) is 0 Å². The number of anilines is 1. The van der Waals surface area contributed by atoms with Crippen LogP contribution in [0, 0.1) is 0 Å². The minimum Gasteiger partial charge on any atom is -0.481 e. The molecule has 0 radical (unpaired) electrons. The lowest BCUT2D eigenvalue weighted by atomic mass is 10.2. The van der Waals surface area contributed by atoms with E-state index in [-0.39, 0.29) is 6.04 Å². The number of nitrogens with two attached hydrogens (primary N) is 1. The van der Waals surface area contributed by atoms with Crippen molar-refractivity contribution < 1.29 is 9.47 Å². The second-order valence-corrected chi connectivity index (χ2v) is 3.82. The van der Waals surface area contributed by atoms with Gasteiger partial charge < -0.3 is 20.5 Å². The van der Waals surface area contributed by atoms with Crippen LogP contribution in [0.25, 0.3) is 0 Å². The van der Waals surface area contributed by atoms with Gasteiger partial charge in [-0.15, -0.1) is 0 Å². The van der Waals surface area contributed by atoms with Crippen LogP contribution < -0.4 is 20.5 Å². The average molecular weight is 240 g/mol. The standard InChI is InChI=1S/C11H20N4O2/c1-8(12)5-4-6-13-11-14-9(16-2)7-10(15-11)17-3/h7-8H,4-6,12H2,1-3H3,(H,13,14,15). The van der Waals surface area contributed by atoms with Crippen LogP contribution in [0.4, 0.5) is 5.95 Å². The number of hydrogen-bond donors (Lipinski definition) is 2. The summed E-state index contributed by atoms with van der Waals surface area (Å²) in [6.07, 6.45) is 1.94. The maximum Gasteiger partial charge on any atom is 0.229 e. The monoisotopic (exact) mass is 240 g/mol. The van der Waals surface area contributed by atoms with Crippen molar-refractivity contribution in [1.82, 2.24) is 9.97 Å². The van der Waals surface area contributed by atoms with Crippen molar-refractivity contribution >= 4 is 5.95 Å². The highest BCUT2D eigenvalue weighted by Crippen LogP contribution is 2.17. The van der Waals surface area contributed by atoms with Crippen molar-refractivity contribution in [2.45, 2.75) is 25.8 Å². The van der Waals surface area contributed by atoms with Gasteiger partial charge in [0.15, 0.2) is 0 Å². The summed E-state index contributed by atoms with van der Waals surface area (Å²) in [6, 6.07) is 1.85. The number of rotatable bonds is 7.